The Labute approximate surface area is 110 Å². The third-order valence-corrected chi connectivity index (χ3v) is 2.49. The van der Waals surface area contributed by atoms with Crippen LogP contribution in [0.3, 0.4) is 0 Å². The predicted molar refractivity (Wildman–Crippen MR) is 70.7 cm³/mol. The van der Waals surface area contributed by atoms with Gasteiger partial charge in [-0.15, -0.1) is 0 Å². The molecule has 1 heterocycles. The number of nitrogens with zero attached hydrogens (tertiary/aromatic N) is 2. The Morgan fingerprint density at radius 3 is 2.74 bits per heavy atom. The molecule has 0 aliphatic carbocycles. The predicted octanol–water partition coefficient (Wildman–Crippen LogP) is 2.47. The maximum Gasteiger partial charge on any atom is 0.323 e. The normalized spacial score (nSPS) is 11.8. The van der Waals surface area contributed by atoms with Crippen molar-refractivity contribution < 1.29 is 14.3 Å². The molecule has 0 aliphatic rings. The summed E-state index contributed by atoms with van der Waals surface area (Å²) in [5.74, 6) is -0.939. The number of nitrogens with one attached hydrogen (secondary N) is 1. The van der Waals surface area contributed by atoms with Crippen molar-refractivity contribution in [1.29, 1.82) is 0 Å². The molecule has 102 valence electrons. The lowest BCUT2D eigenvalue weighted by atomic mass is 10.1. The minimum absolute atomic E-state index is 0.222. The average Bonchev–Trinajstić information content (AvgIpc) is 2.52. The standard InChI is InChI=1S/C13H16FN3O2/c1-13(2,3)16-12-15-9-6-8(14)4-5-10(9)17(12)7-11(18)19/h4-6H,7H2,1-3H3,(H,15,16)(H,18,19). The van der Waals surface area contributed by atoms with Gasteiger partial charge >= 0.3 is 5.97 Å². The first-order valence-electron chi connectivity index (χ1n) is 5.92. The second-order valence-electron chi connectivity index (χ2n) is 5.42. The van der Waals surface area contributed by atoms with Crippen LogP contribution in [0, 0.1) is 5.82 Å². The van der Waals surface area contributed by atoms with Crippen molar-refractivity contribution in [2.45, 2.75) is 32.9 Å². The van der Waals surface area contributed by atoms with Gasteiger partial charge in [-0.05, 0) is 32.9 Å². The fraction of sp³-hybridized carbons (Fsp3) is 0.385. The number of halogens is 1. The van der Waals surface area contributed by atoms with E-state index >= 15 is 0 Å². The first-order valence-corrected chi connectivity index (χ1v) is 5.92. The molecule has 0 saturated heterocycles. The molecular formula is C13H16FN3O2. The smallest absolute Gasteiger partial charge is 0.323 e. The van der Waals surface area contributed by atoms with Crippen LogP contribution >= 0.6 is 0 Å². The van der Waals surface area contributed by atoms with E-state index in [-0.39, 0.29) is 12.1 Å². The lowest BCUT2D eigenvalue weighted by molar-refractivity contribution is -0.137. The summed E-state index contributed by atoms with van der Waals surface area (Å²) in [5, 5.41) is 12.1. The first-order chi connectivity index (χ1) is 8.76. The molecule has 0 bridgehead atoms. The molecule has 0 radical (unpaired) electrons. The number of carboxylic acids is 1. The Morgan fingerprint density at radius 1 is 1.47 bits per heavy atom. The lowest BCUT2D eigenvalue weighted by Crippen LogP contribution is -2.28. The number of anilines is 1. The summed E-state index contributed by atoms with van der Waals surface area (Å²) in [6.45, 7) is 5.61. The fourth-order valence-corrected chi connectivity index (χ4v) is 1.83. The molecule has 2 aromatic rings. The zero-order chi connectivity index (χ0) is 14.2. The molecular weight excluding hydrogens is 249 g/mol. The summed E-state index contributed by atoms with van der Waals surface area (Å²) in [5.41, 5.74) is 0.763. The van der Waals surface area contributed by atoms with Crippen molar-refractivity contribution in [2.75, 3.05) is 5.32 Å². The molecule has 0 amide bonds. The second kappa shape index (κ2) is 4.53. The van der Waals surface area contributed by atoms with Crippen LogP contribution in [0.2, 0.25) is 0 Å². The van der Waals surface area contributed by atoms with Crippen LogP contribution in [0.15, 0.2) is 18.2 Å². The lowest BCUT2D eigenvalue weighted by Gasteiger charge is -2.21. The quantitative estimate of drug-likeness (QED) is 0.894. The average molecular weight is 265 g/mol. The number of hydrogen-bond donors (Lipinski definition) is 2. The van der Waals surface area contributed by atoms with Gasteiger partial charge in [0.05, 0.1) is 11.0 Å². The summed E-state index contributed by atoms with van der Waals surface area (Å²) in [4.78, 5) is 15.2. The maximum atomic E-state index is 13.2. The van der Waals surface area contributed by atoms with Crippen molar-refractivity contribution in [3.05, 3.63) is 24.0 Å². The SMILES string of the molecule is CC(C)(C)Nc1nc2cc(F)ccc2n1CC(=O)O. The summed E-state index contributed by atoms with van der Waals surface area (Å²) in [7, 11) is 0. The molecule has 0 atom stereocenters. The van der Waals surface area contributed by atoms with Crippen molar-refractivity contribution in [1.82, 2.24) is 9.55 Å². The number of hydrogen-bond acceptors (Lipinski definition) is 3. The van der Waals surface area contributed by atoms with E-state index in [1.54, 1.807) is 0 Å². The number of benzene rings is 1. The van der Waals surface area contributed by atoms with Crippen LogP contribution in [0.5, 0.6) is 0 Å². The highest BCUT2D eigenvalue weighted by Crippen LogP contribution is 2.23. The van der Waals surface area contributed by atoms with Gasteiger partial charge in [-0.1, -0.05) is 0 Å². The Morgan fingerprint density at radius 2 is 2.16 bits per heavy atom. The number of aliphatic carboxylic acids is 1. The van der Waals surface area contributed by atoms with Crippen LogP contribution in [-0.4, -0.2) is 26.2 Å². The van der Waals surface area contributed by atoms with Crippen LogP contribution in [-0.2, 0) is 11.3 Å². The topological polar surface area (TPSA) is 67.2 Å². The van der Waals surface area contributed by atoms with Gasteiger partial charge in [-0.2, -0.15) is 0 Å². The van der Waals surface area contributed by atoms with Gasteiger partial charge in [-0.3, -0.25) is 9.36 Å². The highest BCUT2D eigenvalue weighted by Gasteiger charge is 2.18. The van der Waals surface area contributed by atoms with E-state index in [9.17, 15) is 9.18 Å². The van der Waals surface area contributed by atoms with Gasteiger partial charge in [0.15, 0.2) is 0 Å². The minimum Gasteiger partial charge on any atom is -0.480 e. The Bertz CT molecular complexity index is 629. The van der Waals surface area contributed by atoms with Gasteiger partial charge in [0.2, 0.25) is 5.95 Å². The number of fused-ring (bicyclic) bond motifs is 1. The molecule has 2 N–H and O–H groups in total. The van der Waals surface area contributed by atoms with E-state index in [0.717, 1.165) is 0 Å². The minimum atomic E-state index is -0.972. The monoisotopic (exact) mass is 265 g/mol. The van der Waals surface area contributed by atoms with Gasteiger partial charge in [0, 0.05) is 11.6 Å². The summed E-state index contributed by atoms with van der Waals surface area (Å²) >= 11 is 0. The molecule has 6 heteroatoms. The molecule has 0 spiro atoms. The molecule has 2 rings (SSSR count). The Hall–Kier alpha value is -2.11. The molecule has 19 heavy (non-hydrogen) atoms. The zero-order valence-electron chi connectivity index (χ0n) is 11.1. The molecule has 0 saturated carbocycles. The number of carboxylic acid groups (broad SMARTS) is 1. The van der Waals surface area contributed by atoms with Crippen LogP contribution in [0.25, 0.3) is 11.0 Å². The highest BCUT2D eigenvalue weighted by atomic mass is 19.1. The van der Waals surface area contributed by atoms with E-state index in [4.69, 9.17) is 5.11 Å². The second-order valence-corrected chi connectivity index (χ2v) is 5.42. The summed E-state index contributed by atoms with van der Waals surface area (Å²) in [6, 6.07) is 4.12. The molecule has 0 fully saturated rings. The molecule has 1 aromatic heterocycles. The van der Waals surface area contributed by atoms with E-state index in [0.29, 0.717) is 17.0 Å². The van der Waals surface area contributed by atoms with Crippen molar-refractivity contribution >= 4 is 23.0 Å². The zero-order valence-corrected chi connectivity index (χ0v) is 11.1. The van der Waals surface area contributed by atoms with Crippen LogP contribution < -0.4 is 5.32 Å². The van der Waals surface area contributed by atoms with Crippen LogP contribution in [0.4, 0.5) is 10.3 Å². The first kappa shape index (κ1) is 13.3. The van der Waals surface area contributed by atoms with Crippen LogP contribution in [0.1, 0.15) is 20.8 Å². The number of imidazole rings is 1. The summed E-state index contributed by atoms with van der Waals surface area (Å²) < 4.78 is 14.7. The van der Waals surface area contributed by atoms with Crippen molar-refractivity contribution in [3.63, 3.8) is 0 Å². The maximum absolute atomic E-state index is 13.2. The van der Waals surface area contributed by atoms with E-state index < -0.39 is 11.8 Å². The largest absolute Gasteiger partial charge is 0.480 e. The van der Waals surface area contributed by atoms with Gasteiger partial charge in [0.1, 0.15) is 12.4 Å². The third-order valence-electron chi connectivity index (χ3n) is 2.49. The van der Waals surface area contributed by atoms with Crippen molar-refractivity contribution in [2.24, 2.45) is 0 Å². The van der Waals surface area contributed by atoms with Crippen molar-refractivity contribution in [3.8, 4) is 0 Å². The number of aromatic nitrogens is 2. The number of carbonyl (C=O) groups is 1. The van der Waals surface area contributed by atoms with Gasteiger partial charge in [0.25, 0.3) is 0 Å². The van der Waals surface area contributed by atoms with E-state index in [1.807, 2.05) is 20.8 Å². The molecule has 0 unspecified atom stereocenters. The van der Waals surface area contributed by atoms with E-state index in [1.165, 1.54) is 22.8 Å². The fourth-order valence-electron chi connectivity index (χ4n) is 1.83. The molecule has 1 aromatic carbocycles. The summed E-state index contributed by atoms with van der Waals surface area (Å²) in [6.07, 6.45) is 0. The van der Waals surface area contributed by atoms with Gasteiger partial charge in [-0.25, -0.2) is 9.37 Å². The Kier molecular flexibility index (Phi) is 3.18. The van der Waals surface area contributed by atoms with E-state index in [2.05, 4.69) is 10.3 Å². The number of rotatable bonds is 3. The van der Waals surface area contributed by atoms with Gasteiger partial charge < -0.3 is 10.4 Å². The Balaban J connectivity index is 2.57. The molecule has 5 nitrogen and oxygen atoms in total. The highest BCUT2D eigenvalue weighted by molar-refractivity contribution is 5.81. The molecule has 0 aliphatic heterocycles. The third kappa shape index (κ3) is 3.01.